The highest BCUT2D eigenvalue weighted by Gasteiger charge is 2.14. The van der Waals surface area contributed by atoms with Gasteiger partial charge in [-0.1, -0.05) is 12.1 Å². The molecule has 0 aliphatic carbocycles. The van der Waals surface area contributed by atoms with E-state index < -0.39 is 6.09 Å². The number of amides is 1. The second-order valence-electron chi connectivity index (χ2n) is 7.03. The van der Waals surface area contributed by atoms with Crippen molar-refractivity contribution in [2.45, 2.75) is 46.7 Å². The van der Waals surface area contributed by atoms with Gasteiger partial charge in [0.1, 0.15) is 0 Å². The maximum Gasteiger partial charge on any atom is 0.411 e. The molecule has 1 heterocycles. The number of carbonyl (C=O) groups excluding carboxylic acids is 1. The summed E-state index contributed by atoms with van der Waals surface area (Å²) in [7, 11) is 3.31. The van der Waals surface area contributed by atoms with Crippen LogP contribution in [0.15, 0.2) is 29.3 Å². The number of rotatable bonds is 7. The lowest BCUT2D eigenvalue weighted by atomic mass is 10.1. The first-order chi connectivity index (χ1) is 13.8. The monoisotopic (exact) mass is 528 g/mol. The normalized spacial score (nSPS) is 12.0. The average molecular weight is 528 g/mol. The number of aryl methyl sites for hydroxylation is 2. The summed E-state index contributed by atoms with van der Waals surface area (Å²) < 4.78 is 6.52. The number of halogens is 1. The molecule has 2 rings (SSSR count). The molecule has 2 aromatic rings. The van der Waals surface area contributed by atoms with E-state index in [4.69, 9.17) is 0 Å². The Labute approximate surface area is 195 Å². The Kier molecular flexibility index (Phi) is 10.6. The van der Waals surface area contributed by atoms with Gasteiger partial charge in [-0.3, -0.25) is 10.00 Å². The van der Waals surface area contributed by atoms with Gasteiger partial charge in [-0.2, -0.15) is 5.10 Å². The highest BCUT2D eigenvalue weighted by molar-refractivity contribution is 14.0. The van der Waals surface area contributed by atoms with Crippen molar-refractivity contribution >= 4 is 41.7 Å². The Morgan fingerprint density at radius 3 is 2.47 bits per heavy atom. The number of guanidine groups is 1. The van der Waals surface area contributed by atoms with Crippen LogP contribution in [0.2, 0.25) is 0 Å². The van der Waals surface area contributed by atoms with Gasteiger partial charge in [0.2, 0.25) is 0 Å². The summed E-state index contributed by atoms with van der Waals surface area (Å²) in [6, 6.07) is 7.74. The third-order valence-electron chi connectivity index (χ3n) is 4.70. The number of ether oxygens (including phenoxy) is 1. The summed E-state index contributed by atoms with van der Waals surface area (Å²) in [6.45, 7) is 9.65. The maximum atomic E-state index is 11.3. The molecule has 1 aromatic carbocycles. The van der Waals surface area contributed by atoms with Crippen molar-refractivity contribution in [2.24, 2.45) is 12.0 Å². The molecule has 1 atom stereocenters. The Morgan fingerprint density at radius 2 is 1.93 bits per heavy atom. The number of methoxy groups -OCH3 is 1. The van der Waals surface area contributed by atoms with Crippen molar-refractivity contribution < 1.29 is 9.53 Å². The first-order valence-corrected chi connectivity index (χ1v) is 9.81. The first kappa shape index (κ1) is 25.7. The second kappa shape index (κ2) is 12.4. The van der Waals surface area contributed by atoms with Crippen molar-refractivity contribution in [3.05, 3.63) is 46.8 Å². The van der Waals surface area contributed by atoms with E-state index >= 15 is 0 Å². The number of carbonyl (C=O) groups is 1. The van der Waals surface area contributed by atoms with Crippen LogP contribution in [0.4, 0.5) is 10.5 Å². The molecule has 0 aliphatic heterocycles. The Morgan fingerprint density at radius 1 is 1.27 bits per heavy atom. The lowest BCUT2D eigenvalue weighted by molar-refractivity contribution is 0.187. The topological polar surface area (TPSA) is 92.6 Å². The minimum atomic E-state index is -0.484. The van der Waals surface area contributed by atoms with Crippen molar-refractivity contribution in [3.63, 3.8) is 0 Å². The van der Waals surface area contributed by atoms with E-state index in [1.54, 1.807) is 0 Å². The molecule has 166 valence electrons. The van der Waals surface area contributed by atoms with E-state index in [1.165, 1.54) is 18.4 Å². The molecule has 9 heteroatoms. The van der Waals surface area contributed by atoms with Gasteiger partial charge in [0.05, 0.1) is 19.3 Å². The standard InChI is InChI=1S/C21H32N6O2.HI/c1-7-22-20(24-14(2)12-19-15(3)26-27(5)16(19)4)23-13-17-8-10-18(11-9-17)25-21(28)29-6;/h8-11,14H,7,12-13H2,1-6H3,(H,25,28)(H2,22,23,24);1H. The average Bonchev–Trinajstić information content (AvgIpc) is 2.93. The summed E-state index contributed by atoms with van der Waals surface area (Å²) in [4.78, 5) is 15.9. The molecule has 8 nitrogen and oxygen atoms in total. The molecule has 1 amide bonds. The molecular weight excluding hydrogens is 495 g/mol. The number of nitrogens with zero attached hydrogens (tertiary/aromatic N) is 3. The number of hydrogen-bond acceptors (Lipinski definition) is 4. The predicted octanol–water partition coefficient (Wildman–Crippen LogP) is 3.52. The smallest absolute Gasteiger partial charge is 0.411 e. The van der Waals surface area contributed by atoms with Crippen molar-refractivity contribution in [1.82, 2.24) is 20.4 Å². The summed E-state index contributed by atoms with van der Waals surface area (Å²) in [5, 5.41) is 13.9. The third kappa shape index (κ3) is 7.51. The van der Waals surface area contributed by atoms with Crippen LogP contribution < -0.4 is 16.0 Å². The van der Waals surface area contributed by atoms with Crippen LogP contribution >= 0.6 is 24.0 Å². The molecular formula is C21H33IN6O2. The summed E-state index contributed by atoms with van der Waals surface area (Å²) in [5.74, 6) is 0.774. The molecule has 0 saturated carbocycles. The van der Waals surface area contributed by atoms with Gasteiger partial charge in [0, 0.05) is 31.0 Å². The van der Waals surface area contributed by atoms with E-state index in [1.807, 2.05) is 49.8 Å². The van der Waals surface area contributed by atoms with Crippen molar-refractivity contribution in [2.75, 3.05) is 19.0 Å². The number of anilines is 1. The van der Waals surface area contributed by atoms with E-state index in [-0.39, 0.29) is 30.0 Å². The highest BCUT2D eigenvalue weighted by Crippen LogP contribution is 2.14. The molecule has 0 radical (unpaired) electrons. The fourth-order valence-corrected chi connectivity index (χ4v) is 3.06. The SMILES string of the molecule is CCNC(=NCc1ccc(NC(=O)OC)cc1)NC(C)Cc1c(C)nn(C)c1C.I. The summed E-state index contributed by atoms with van der Waals surface area (Å²) in [5.41, 5.74) is 5.27. The van der Waals surface area contributed by atoms with Crippen LogP contribution in [-0.2, 0) is 24.8 Å². The van der Waals surface area contributed by atoms with E-state index in [0.717, 1.165) is 30.2 Å². The number of benzene rings is 1. The van der Waals surface area contributed by atoms with Crippen molar-refractivity contribution in [3.8, 4) is 0 Å². The lowest BCUT2D eigenvalue weighted by Gasteiger charge is -2.18. The van der Waals surface area contributed by atoms with Gasteiger partial charge < -0.3 is 15.4 Å². The van der Waals surface area contributed by atoms with Crippen LogP contribution in [0.25, 0.3) is 0 Å². The predicted molar refractivity (Wildman–Crippen MR) is 132 cm³/mol. The molecule has 0 saturated heterocycles. The molecule has 1 aromatic heterocycles. The van der Waals surface area contributed by atoms with Crippen LogP contribution in [0.5, 0.6) is 0 Å². The van der Waals surface area contributed by atoms with E-state index in [2.05, 4.69) is 44.6 Å². The van der Waals surface area contributed by atoms with Gasteiger partial charge in [0.25, 0.3) is 0 Å². The Hall–Kier alpha value is -2.30. The van der Waals surface area contributed by atoms with Crippen LogP contribution in [-0.4, -0.2) is 41.5 Å². The number of nitrogens with one attached hydrogen (secondary N) is 3. The summed E-state index contributed by atoms with van der Waals surface area (Å²) >= 11 is 0. The molecule has 3 N–H and O–H groups in total. The lowest BCUT2D eigenvalue weighted by Crippen LogP contribution is -2.43. The van der Waals surface area contributed by atoms with Crippen molar-refractivity contribution in [1.29, 1.82) is 0 Å². The third-order valence-corrected chi connectivity index (χ3v) is 4.70. The summed E-state index contributed by atoms with van der Waals surface area (Å²) in [6.07, 6.45) is 0.395. The van der Waals surface area contributed by atoms with Crippen LogP contribution in [0.3, 0.4) is 0 Å². The largest absolute Gasteiger partial charge is 0.453 e. The molecule has 0 fully saturated rings. The zero-order valence-electron chi connectivity index (χ0n) is 18.6. The minimum absolute atomic E-state index is 0. The maximum absolute atomic E-state index is 11.3. The molecule has 0 aliphatic rings. The van der Waals surface area contributed by atoms with Gasteiger partial charge in [-0.15, -0.1) is 24.0 Å². The number of hydrogen-bond donors (Lipinski definition) is 3. The Bertz CT molecular complexity index is 848. The fraction of sp³-hybridized carbons (Fsp3) is 0.476. The van der Waals surface area contributed by atoms with Crippen LogP contribution in [0.1, 0.15) is 36.4 Å². The number of aliphatic imine (C=N–C) groups is 1. The van der Waals surface area contributed by atoms with E-state index in [9.17, 15) is 4.79 Å². The molecule has 0 bridgehead atoms. The second-order valence-corrected chi connectivity index (χ2v) is 7.03. The van der Waals surface area contributed by atoms with Gasteiger partial charge >= 0.3 is 6.09 Å². The van der Waals surface area contributed by atoms with Gasteiger partial charge in [0.15, 0.2) is 5.96 Å². The number of aromatic nitrogens is 2. The fourth-order valence-electron chi connectivity index (χ4n) is 3.06. The quantitative estimate of drug-likeness (QED) is 0.291. The molecule has 0 spiro atoms. The van der Waals surface area contributed by atoms with Crippen LogP contribution in [0, 0.1) is 13.8 Å². The first-order valence-electron chi connectivity index (χ1n) is 9.81. The Balaban J connectivity index is 0.00000450. The minimum Gasteiger partial charge on any atom is -0.453 e. The highest BCUT2D eigenvalue weighted by atomic mass is 127. The zero-order valence-corrected chi connectivity index (χ0v) is 20.9. The van der Waals surface area contributed by atoms with Gasteiger partial charge in [-0.25, -0.2) is 9.79 Å². The molecule has 30 heavy (non-hydrogen) atoms. The van der Waals surface area contributed by atoms with Gasteiger partial charge in [-0.05, 0) is 57.4 Å². The zero-order chi connectivity index (χ0) is 21.4. The molecule has 1 unspecified atom stereocenters. The van der Waals surface area contributed by atoms with E-state index in [0.29, 0.717) is 12.2 Å².